The van der Waals surface area contributed by atoms with E-state index < -0.39 is 11.7 Å². The lowest BCUT2D eigenvalue weighted by Gasteiger charge is -2.38. The largest absolute Gasteiger partial charge is 0.416 e. The molecule has 2 aliphatic rings. The molecule has 2 aromatic carbocycles. The molecule has 2 atom stereocenters. The monoisotopic (exact) mass is 499 g/mol. The number of thiophene rings is 1. The Hall–Kier alpha value is -2.84. The van der Waals surface area contributed by atoms with Crippen LogP contribution in [0.5, 0.6) is 0 Å². The molecule has 2 saturated heterocycles. The van der Waals surface area contributed by atoms with E-state index >= 15 is 0 Å². The molecule has 2 fully saturated rings. The third-order valence-corrected chi connectivity index (χ3v) is 7.95. The van der Waals surface area contributed by atoms with Crippen LogP contribution in [0.4, 0.5) is 18.9 Å². The minimum atomic E-state index is -4.38. The summed E-state index contributed by atoms with van der Waals surface area (Å²) in [6.45, 7) is 5.34. The molecule has 5 rings (SSSR count). The average Bonchev–Trinajstić information content (AvgIpc) is 3.55. The third kappa shape index (κ3) is 5.38. The van der Waals surface area contributed by atoms with Crippen LogP contribution in [0, 0.1) is 5.92 Å². The van der Waals surface area contributed by atoms with Gasteiger partial charge in [-0.25, -0.2) is 0 Å². The Morgan fingerprint density at radius 1 is 0.914 bits per heavy atom. The molecule has 0 spiro atoms. The van der Waals surface area contributed by atoms with Crippen LogP contribution in [0.3, 0.4) is 0 Å². The van der Waals surface area contributed by atoms with E-state index in [1.807, 2.05) is 40.6 Å². The zero-order valence-electron chi connectivity index (χ0n) is 19.3. The van der Waals surface area contributed by atoms with Gasteiger partial charge in [-0.3, -0.25) is 9.69 Å². The Labute approximate surface area is 207 Å². The van der Waals surface area contributed by atoms with Crippen molar-refractivity contribution in [1.82, 2.24) is 9.80 Å². The first-order valence-electron chi connectivity index (χ1n) is 11.9. The molecule has 1 amide bonds. The van der Waals surface area contributed by atoms with Gasteiger partial charge in [0.2, 0.25) is 0 Å². The van der Waals surface area contributed by atoms with Gasteiger partial charge in [0.1, 0.15) is 0 Å². The number of piperazine rings is 1. The quantitative estimate of drug-likeness (QED) is 0.468. The van der Waals surface area contributed by atoms with Crippen LogP contribution in [0.2, 0.25) is 0 Å². The fraction of sp³-hybridized carbons (Fsp3) is 0.370. The van der Waals surface area contributed by atoms with Gasteiger partial charge in [0, 0.05) is 57.4 Å². The molecule has 35 heavy (non-hydrogen) atoms. The SMILES string of the molecule is O=C(c1cccs1)N1C[C@@H](CN2CCN(c3ccccc3)CC2)[C@@H](c2cccc(C(F)(F)F)c2)C1. The number of hydrogen-bond donors (Lipinski definition) is 0. The van der Waals surface area contributed by atoms with E-state index in [1.165, 1.54) is 29.2 Å². The summed E-state index contributed by atoms with van der Waals surface area (Å²) in [5.74, 6) is -0.0904. The lowest BCUT2D eigenvalue weighted by molar-refractivity contribution is -0.137. The Morgan fingerprint density at radius 3 is 2.37 bits per heavy atom. The summed E-state index contributed by atoms with van der Waals surface area (Å²) in [4.78, 5) is 20.3. The second-order valence-corrected chi connectivity index (χ2v) is 10.2. The number of alkyl halides is 3. The molecule has 1 aromatic heterocycles. The number of para-hydroxylation sites is 1. The first-order chi connectivity index (χ1) is 16.9. The van der Waals surface area contributed by atoms with Crippen LogP contribution in [0.1, 0.15) is 26.7 Å². The zero-order valence-corrected chi connectivity index (χ0v) is 20.1. The standard InChI is InChI=1S/C27H28F3N3OS/c28-27(29,30)22-7-4-6-20(16-22)24-19-33(26(34)25-10-5-15-35-25)18-21(24)17-31-11-13-32(14-12-31)23-8-2-1-3-9-23/h1-10,15-16,21,24H,11-14,17-19H2/t21-,24-/m1/s1. The molecule has 3 aromatic rings. The summed E-state index contributed by atoms with van der Waals surface area (Å²) < 4.78 is 40.2. The van der Waals surface area contributed by atoms with E-state index in [1.54, 1.807) is 6.07 Å². The highest BCUT2D eigenvalue weighted by Crippen LogP contribution is 2.37. The molecular formula is C27H28F3N3OS. The Morgan fingerprint density at radius 2 is 1.69 bits per heavy atom. The number of carbonyl (C=O) groups excluding carboxylic acids is 1. The summed E-state index contributed by atoms with van der Waals surface area (Å²) in [6.07, 6.45) is -4.38. The number of likely N-dealkylation sites (tertiary alicyclic amines) is 1. The van der Waals surface area contributed by atoms with Crippen molar-refractivity contribution in [2.75, 3.05) is 50.7 Å². The normalized spacial score (nSPS) is 21.5. The summed E-state index contributed by atoms with van der Waals surface area (Å²) in [5.41, 5.74) is 1.24. The predicted molar refractivity (Wildman–Crippen MR) is 133 cm³/mol. The Bertz CT molecular complexity index is 1130. The van der Waals surface area contributed by atoms with Gasteiger partial charge >= 0.3 is 6.18 Å². The number of anilines is 1. The van der Waals surface area contributed by atoms with Crippen molar-refractivity contribution in [3.05, 3.63) is 88.1 Å². The van der Waals surface area contributed by atoms with E-state index in [0.29, 0.717) is 23.5 Å². The molecule has 3 heterocycles. The van der Waals surface area contributed by atoms with Crippen molar-refractivity contribution in [3.63, 3.8) is 0 Å². The lowest BCUT2D eigenvalue weighted by atomic mass is 9.87. The minimum Gasteiger partial charge on any atom is -0.369 e. The molecule has 0 unspecified atom stereocenters. The smallest absolute Gasteiger partial charge is 0.369 e. The maximum Gasteiger partial charge on any atom is 0.416 e. The van der Waals surface area contributed by atoms with E-state index in [9.17, 15) is 18.0 Å². The lowest BCUT2D eigenvalue weighted by Crippen LogP contribution is -2.48. The van der Waals surface area contributed by atoms with Gasteiger partial charge in [-0.2, -0.15) is 13.2 Å². The van der Waals surface area contributed by atoms with Crippen molar-refractivity contribution in [2.24, 2.45) is 5.92 Å². The molecule has 0 radical (unpaired) electrons. The molecule has 8 heteroatoms. The van der Waals surface area contributed by atoms with E-state index in [2.05, 4.69) is 21.9 Å². The van der Waals surface area contributed by atoms with E-state index in [4.69, 9.17) is 0 Å². The molecule has 0 bridgehead atoms. The second-order valence-electron chi connectivity index (χ2n) is 9.30. The van der Waals surface area contributed by atoms with Crippen LogP contribution >= 0.6 is 11.3 Å². The van der Waals surface area contributed by atoms with Crippen LogP contribution in [-0.2, 0) is 6.18 Å². The third-order valence-electron chi connectivity index (χ3n) is 7.09. The van der Waals surface area contributed by atoms with Crippen LogP contribution in [0.25, 0.3) is 0 Å². The van der Waals surface area contributed by atoms with Gasteiger partial charge in [-0.05, 0) is 41.1 Å². The summed E-state index contributed by atoms with van der Waals surface area (Å²) in [5, 5.41) is 1.87. The molecule has 4 nitrogen and oxygen atoms in total. The van der Waals surface area contributed by atoms with Gasteiger partial charge in [0.25, 0.3) is 5.91 Å². The maximum absolute atomic E-state index is 13.4. The van der Waals surface area contributed by atoms with Gasteiger partial charge in [0.05, 0.1) is 10.4 Å². The summed E-state index contributed by atoms with van der Waals surface area (Å²) in [6, 6.07) is 19.6. The summed E-state index contributed by atoms with van der Waals surface area (Å²) >= 11 is 1.40. The molecule has 0 N–H and O–H groups in total. The Balaban J connectivity index is 1.32. The molecular weight excluding hydrogens is 471 g/mol. The molecule has 2 aliphatic heterocycles. The van der Waals surface area contributed by atoms with Crippen molar-refractivity contribution in [2.45, 2.75) is 12.1 Å². The zero-order chi connectivity index (χ0) is 24.4. The highest BCUT2D eigenvalue weighted by Gasteiger charge is 2.39. The number of benzene rings is 2. The predicted octanol–water partition coefficient (Wildman–Crippen LogP) is 5.44. The second kappa shape index (κ2) is 10.0. The van der Waals surface area contributed by atoms with Crippen LogP contribution in [0.15, 0.2) is 72.1 Å². The highest BCUT2D eigenvalue weighted by molar-refractivity contribution is 7.12. The van der Waals surface area contributed by atoms with Crippen molar-refractivity contribution in [3.8, 4) is 0 Å². The van der Waals surface area contributed by atoms with Gasteiger partial charge < -0.3 is 9.80 Å². The topological polar surface area (TPSA) is 26.8 Å². The average molecular weight is 500 g/mol. The number of amides is 1. The fourth-order valence-corrected chi connectivity index (χ4v) is 5.95. The number of carbonyl (C=O) groups is 1. The van der Waals surface area contributed by atoms with Gasteiger partial charge in [-0.15, -0.1) is 11.3 Å². The highest BCUT2D eigenvalue weighted by atomic mass is 32.1. The van der Waals surface area contributed by atoms with Crippen molar-refractivity contribution in [1.29, 1.82) is 0 Å². The fourth-order valence-electron chi connectivity index (χ4n) is 5.26. The van der Waals surface area contributed by atoms with Crippen molar-refractivity contribution >= 4 is 22.9 Å². The number of nitrogens with zero attached hydrogens (tertiary/aromatic N) is 3. The minimum absolute atomic E-state index is 0.0339. The maximum atomic E-state index is 13.4. The van der Waals surface area contributed by atoms with E-state index in [-0.39, 0.29) is 17.7 Å². The van der Waals surface area contributed by atoms with E-state index in [0.717, 1.165) is 38.8 Å². The molecule has 0 saturated carbocycles. The Kier molecular flexibility index (Phi) is 6.84. The first-order valence-corrected chi connectivity index (χ1v) is 12.8. The first kappa shape index (κ1) is 23.9. The number of halogens is 3. The number of rotatable bonds is 5. The summed E-state index contributed by atoms with van der Waals surface area (Å²) in [7, 11) is 0. The molecule has 0 aliphatic carbocycles. The van der Waals surface area contributed by atoms with Gasteiger partial charge in [-0.1, -0.05) is 42.5 Å². The molecule has 184 valence electrons. The van der Waals surface area contributed by atoms with Crippen LogP contribution in [-0.4, -0.2) is 61.5 Å². The van der Waals surface area contributed by atoms with Crippen LogP contribution < -0.4 is 4.90 Å². The van der Waals surface area contributed by atoms with Crippen molar-refractivity contribution < 1.29 is 18.0 Å². The number of hydrogen-bond acceptors (Lipinski definition) is 4. The van der Waals surface area contributed by atoms with Gasteiger partial charge in [0.15, 0.2) is 0 Å².